The summed E-state index contributed by atoms with van der Waals surface area (Å²) >= 11 is 1.77. The Morgan fingerprint density at radius 3 is 2.84 bits per heavy atom. The summed E-state index contributed by atoms with van der Waals surface area (Å²) in [5, 5.41) is 2.12. The zero-order chi connectivity index (χ0) is 22.1. The molecule has 1 saturated heterocycles. The van der Waals surface area contributed by atoms with E-state index in [9.17, 15) is 9.59 Å². The summed E-state index contributed by atoms with van der Waals surface area (Å²) in [6.07, 6.45) is 2.91. The Kier molecular flexibility index (Phi) is 5.93. The van der Waals surface area contributed by atoms with Gasteiger partial charge in [-0.15, -0.1) is 11.3 Å². The molecule has 0 bridgehead atoms. The number of aromatic nitrogens is 2. The van der Waals surface area contributed by atoms with Crippen LogP contribution in [0.25, 0.3) is 0 Å². The van der Waals surface area contributed by atoms with E-state index in [1.54, 1.807) is 11.3 Å². The molecule has 6 nitrogen and oxygen atoms in total. The summed E-state index contributed by atoms with van der Waals surface area (Å²) in [4.78, 5) is 39.5. The van der Waals surface area contributed by atoms with E-state index in [0.717, 1.165) is 49.2 Å². The highest BCUT2D eigenvalue weighted by molar-refractivity contribution is 7.10. The first-order chi connectivity index (χ1) is 15.6. The van der Waals surface area contributed by atoms with Gasteiger partial charge < -0.3 is 9.88 Å². The highest BCUT2D eigenvalue weighted by atomic mass is 32.1. The minimum atomic E-state index is -0.143. The van der Waals surface area contributed by atoms with Gasteiger partial charge >= 0.3 is 0 Å². The second-order valence-corrected chi connectivity index (χ2v) is 9.77. The first-order valence-electron chi connectivity index (χ1n) is 11.3. The van der Waals surface area contributed by atoms with Crippen LogP contribution >= 0.6 is 11.3 Å². The van der Waals surface area contributed by atoms with Gasteiger partial charge in [-0.25, -0.2) is 4.98 Å². The third kappa shape index (κ3) is 4.27. The van der Waals surface area contributed by atoms with Crippen molar-refractivity contribution >= 4 is 17.2 Å². The predicted octanol–water partition coefficient (Wildman–Crippen LogP) is 3.60. The Labute approximate surface area is 191 Å². The second kappa shape index (κ2) is 9.00. The smallest absolute Gasteiger partial charge is 0.255 e. The van der Waals surface area contributed by atoms with Crippen LogP contribution in [0.1, 0.15) is 52.0 Å². The van der Waals surface area contributed by atoms with Crippen LogP contribution in [0, 0.1) is 6.92 Å². The number of H-pyrrole nitrogens is 1. The molecule has 2 aliphatic rings. The maximum atomic E-state index is 13.0. The number of nitrogens with zero attached hydrogens (tertiary/aromatic N) is 3. The minimum absolute atomic E-state index is 0.0556. The monoisotopic (exact) mass is 448 g/mol. The molecular formula is C25H28N4O2S. The Hall–Kier alpha value is -2.77. The predicted molar refractivity (Wildman–Crippen MR) is 126 cm³/mol. The molecule has 1 amide bonds. The summed E-state index contributed by atoms with van der Waals surface area (Å²) in [7, 11) is 0. The molecule has 2 aliphatic heterocycles. The molecule has 0 spiro atoms. The van der Waals surface area contributed by atoms with Gasteiger partial charge in [0.1, 0.15) is 5.82 Å². The number of likely N-dealkylation sites (tertiary alicyclic amines) is 1. The highest BCUT2D eigenvalue weighted by Gasteiger charge is 2.33. The molecule has 166 valence electrons. The van der Waals surface area contributed by atoms with Gasteiger partial charge in [0.25, 0.3) is 5.56 Å². The molecule has 32 heavy (non-hydrogen) atoms. The molecule has 0 unspecified atom stereocenters. The number of rotatable bonds is 5. The van der Waals surface area contributed by atoms with Crippen LogP contribution in [0.5, 0.6) is 0 Å². The molecule has 3 aromatic rings. The van der Waals surface area contributed by atoms with Crippen molar-refractivity contribution in [2.45, 2.75) is 51.7 Å². The molecule has 4 heterocycles. The van der Waals surface area contributed by atoms with Crippen LogP contribution in [0.4, 0.5) is 0 Å². The summed E-state index contributed by atoms with van der Waals surface area (Å²) in [6, 6.07) is 11.8. The number of thiophene rings is 1. The largest absolute Gasteiger partial charge is 0.332 e. The van der Waals surface area contributed by atoms with Crippen LogP contribution in [-0.4, -0.2) is 38.8 Å². The van der Waals surface area contributed by atoms with Crippen molar-refractivity contribution in [2.24, 2.45) is 0 Å². The highest BCUT2D eigenvalue weighted by Crippen LogP contribution is 2.31. The van der Waals surface area contributed by atoms with Crippen LogP contribution in [0.3, 0.4) is 0 Å². The van der Waals surface area contributed by atoms with Crippen molar-refractivity contribution in [3.05, 3.63) is 85.2 Å². The van der Waals surface area contributed by atoms with Gasteiger partial charge in [0.05, 0.1) is 23.7 Å². The van der Waals surface area contributed by atoms with Crippen molar-refractivity contribution < 1.29 is 4.79 Å². The number of hydrogen-bond donors (Lipinski definition) is 1. The van der Waals surface area contributed by atoms with Gasteiger partial charge in [-0.2, -0.15) is 0 Å². The van der Waals surface area contributed by atoms with E-state index in [1.165, 1.54) is 10.4 Å². The number of hydrogen-bond acceptors (Lipinski definition) is 5. The Morgan fingerprint density at radius 1 is 1.22 bits per heavy atom. The maximum absolute atomic E-state index is 13.0. The maximum Gasteiger partial charge on any atom is 0.255 e. The van der Waals surface area contributed by atoms with E-state index in [2.05, 4.69) is 28.3 Å². The van der Waals surface area contributed by atoms with Crippen LogP contribution in [-0.2, 0) is 30.7 Å². The van der Waals surface area contributed by atoms with E-state index in [0.29, 0.717) is 25.3 Å². The zero-order valence-corrected chi connectivity index (χ0v) is 19.2. The first-order valence-corrected chi connectivity index (χ1v) is 12.2. The molecule has 1 aromatic carbocycles. The van der Waals surface area contributed by atoms with Crippen molar-refractivity contribution in [3.8, 4) is 0 Å². The lowest BCUT2D eigenvalue weighted by Gasteiger charge is -2.29. The number of carbonyl (C=O) groups is 1. The molecule has 1 atom stereocenters. The fraction of sp³-hybridized carbons (Fsp3) is 0.400. The molecule has 0 aliphatic carbocycles. The van der Waals surface area contributed by atoms with E-state index < -0.39 is 0 Å². The topological polar surface area (TPSA) is 69.3 Å². The lowest BCUT2D eigenvalue weighted by molar-refractivity contribution is -0.131. The molecule has 0 radical (unpaired) electrons. The van der Waals surface area contributed by atoms with Crippen molar-refractivity contribution in [3.63, 3.8) is 0 Å². The Balaban J connectivity index is 1.33. The standard InChI is InChI=1S/C25H28N4O2S/c1-17-10-13-32-22(17)16-28-12-9-20-19(15-28)25(31)27-24(26-20)21-8-5-11-29(21)23(30)14-18-6-3-2-4-7-18/h2-4,6-7,10,13,21H,5,8-9,11-12,14-16H2,1H3,(H,26,27,31)/t21-/m1/s1. The van der Waals surface area contributed by atoms with Gasteiger partial charge in [-0.1, -0.05) is 30.3 Å². The number of amides is 1. The number of carbonyl (C=O) groups excluding carboxylic acids is 1. The third-order valence-corrected chi connectivity index (χ3v) is 7.60. The lowest BCUT2D eigenvalue weighted by Crippen LogP contribution is -2.38. The molecule has 5 rings (SSSR count). The van der Waals surface area contributed by atoms with Crippen molar-refractivity contribution in [1.29, 1.82) is 0 Å². The number of aromatic amines is 1. The summed E-state index contributed by atoms with van der Waals surface area (Å²) < 4.78 is 0. The van der Waals surface area contributed by atoms with Gasteiger partial charge in [-0.3, -0.25) is 14.5 Å². The average molecular weight is 449 g/mol. The van der Waals surface area contributed by atoms with E-state index in [4.69, 9.17) is 4.98 Å². The minimum Gasteiger partial charge on any atom is -0.332 e. The lowest BCUT2D eigenvalue weighted by atomic mass is 10.1. The van der Waals surface area contributed by atoms with Crippen molar-refractivity contribution in [2.75, 3.05) is 13.1 Å². The fourth-order valence-corrected chi connectivity index (χ4v) is 5.73. The number of fused-ring (bicyclic) bond motifs is 1. The molecule has 7 heteroatoms. The van der Waals surface area contributed by atoms with Crippen LogP contribution < -0.4 is 5.56 Å². The quantitative estimate of drug-likeness (QED) is 0.648. The molecule has 0 saturated carbocycles. The van der Waals surface area contributed by atoms with E-state index >= 15 is 0 Å². The van der Waals surface area contributed by atoms with Crippen LogP contribution in [0.15, 0.2) is 46.6 Å². The molecular weight excluding hydrogens is 420 g/mol. The fourth-order valence-electron chi connectivity index (χ4n) is 4.78. The summed E-state index contributed by atoms with van der Waals surface area (Å²) in [5.74, 6) is 0.742. The number of nitrogens with one attached hydrogen (secondary N) is 1. The average Bonchev–Trinajstić information content (AvgIpc) is 3.44. The van der Waals surface area contributed by atoms with Gasteiger partial charge in [-0.05, 0) is 42.3 Å². The number of aryl methyl sites for hydroxylation is 1. The van der Waals surface area contributed by atoms with Gasteiger partial charge in [0, 0.05) is 37.5 Å². The van der Waals surface area contributed by atoms with Crippen LogP contribution in [0.2, 0.25) is 0 Å². The number of benzene rings is 1. The normalized spacial score (nSPS) is 18.7. The Morgan fingerprint density at radius 2 is 2.06 bits per heavy atom. The van der Waals surface area contributed by atoms with Gasteiger partial charge in [0.15, 0.2) is 0 Å². The van der Waals surface area contributed by atoms with E-state index in [-0.39, 0.29) is 17.5 Å². The molecule has 1 fully saturated rings. The summed E-state index contributed by atoms with van der Waals surface area (Å²) in [6.45, 7) is 5.23. The summed E-state index contributed by atoms with van der Waals surface area (Å²) in [5.41, 5.74) is 3.93. The van der Waals surface area contributed by atoms with Crippen molar-refractivity contribution in [1.82, 2.24) is 19.8 Å². The zero-order valence-electron chi connectivity index (χ0n) is 18.3. The molecule has 2 aromatic heterocycles. The second-order valence-electron chi connectivity index (χ2n) is 8.77. The van der Waals surface area contributed by atoms with Gasteiger partial charge in [0.2, 0.25) is 5.91 Å². The Bertz CT molecular complexity index is 1170. The third-order valence-electron chi connectivity index (χ3n) is 6.59. The van der Waals surface area contributed by atoms with E-state index in [1.807, 2.05) is 35.2 Å². The molecule has 1 N–H and O–H groups in total. The first kappa shape index (κ1) is 21.1. The SMILES string of the molecule is Cc1ccsc1CN1CCc2nc([C@H]3CCCN3C(=O)Cc3ccccc3)[nH]c(=O)c2C1.